The van der Waals surface area contributed by atoms with Crippen molar-refractivity contribution in [3.05, 3.63) is 42.5 Å². The van der Waals surface area contributed by atoms with Crippen molar-refractivity contribution in [2.75, 3.05) is 11.5 Å². The number of ether oxygens (including phenoxy) is 1. The van der Waals surface area contributed by atoms with Gasteiger partial charge in [0.15, 0.2) is 5.75 Å². The fourth-order valence-electron chi connectivity index (χ4n) is 1.65. The molecule has 0 radical (unpaired) electrons. The second-order valence-corrected chi connectivity index (χ2v) is 3.97. The van der Waals surface area contributed by atoms with Gasteiger partial charge in [-0.1, -0.05) is 18.2 Å². The molecule has 0 fully saturated rings. The van der Waals surface area contributed by atoms with Gasteiger partial charge in [-0.05, 0) is 35.4 Å². The van der Waals surface area contributed by atoms with Gasteiger partial charge in [0.25, 0.3) is 0 Å². The van der Waals surface area contributed by atoms with Crippen LogP contribution in [0.25, 0.3) is 11.1 Å². The lowest BCUT2D eigenvalue weighted by atomic mass is 10.0. The average Bonchev–Trinajstić information content (AvgIpc) is 2.32. The van der Waals surface area contributed by atoms with Gasteiger partial charge in [-0.15, -0.1) is 0 Å². The topological polar surface area (TPSA) is 78.3 Å². The summed E-state index contributed by atoms with van der Waals surface area (Å²) < 4.78 is 4.97. The van der Waals surface area contributed by atoms with Crippen LogP contribution >= 0.6 is 0 Å². The molecular formula is C14H14N2O2. The highest BCUT2D eigenvalue weighted by Crippen LogP contribution is 2.29. The van der Waals surface area contributed by atoms with Crippen LogP contribution in [0.1, 0.15) is 6.92 Å². The summed E-state index contributed by atoms with van der Waals surface area (Å²) in [5.41, 5.74) is 14.6. The van der Waals surface area contributed by atoms with Gasteiger partial charge in [-0.25, -0.2) is 0 Å². The van der Waals surface area contributed by atoms with Crippen molar-refractivity contribution >= 4 is 17.3 Å². The molecule has 0 heterocycles. The van der Waals surface area contributed by atoms with Gasteiger partial charge in [0.2, 0.25) is 0 Å². The van der Waals surface area contributed by atoms with Crippen molar-refractivity contribution in [3.8, 4) is 16.9 Å². The van der Waals surface area contributed by atoms with Crippen LogP contribution < -0.4 is 16.2 Å². The Morgan fingerprint density at radius 1 is 1.00 bits per heavy atom. The van der Waals surface area contributed by atoms with Crippen LogP contribution in [0.4, 0.5) is 11.4 Å². The Morgan fingerprint density at radius 3 is 2.17 bits per heavy atom. The van der Waals surface area contributed by atoms with Crippen molar-refractivity contribution in [2.45, 2.75) is 6.92 Å². The maximum absolute atomic E-state index is 10.9. The number of nitrogens with two attached hydrogens (primary N) is 2. The molecule has 18 heavy (non-hydrogen) atoms. The van der Waals surface area contributed by atoms with Gasteiger partial charge in [0.1, 0.15) is 0 Å². The van der Waals surface area contributed by atoms with E-state index in [0.29, 0.717) is 17.1 Å². The van der Waals surface area contributed by atoms with Crippen LogP contribution in [0.3, 0.4) is 0 Å². The number of nitrogen functional groups attached to an aromatic ring is 2. The minimum atomic E-state index is -0.387. The fourth-order valence-corrected chi connectivity index (χ4v) is 1.65. The molecule has 2 aromatic rings. The Balaban J connectivity index is 2.33. The van der Waals surface area contributed by atoms with Crippen molar-refractivity contribution in [1.82, 2.24) is 0 Å². The molecule has 92 valence electrons. The Bertz CT molecular complexity index is 577. The number of hydrogen-bond donors (Lipinski definition) is 2. The predicted octanol–water partition coefficient (Wildman–Crippen LogP) is 2.44. The number of benzene rings is 2. The molecule has 2 rings (SSSR count). The van der Waals surface area contributed by atoms with Crippen molar-refractivity contribution in [1.29, 1.82) is 0 Å². The van der Waals surface area contributed by atoms with Crippen LogP contribution in [-0.2, 0) is 4.79 Å². The van der Waals surface area contributed by atoms with Gasteiger partial charge >= 0.3 is 5.97 Å². The molecule has 0 saturated carbocycles. The molecule has 0 amide bonds. The van der Waals surface area contributed by atoms with Crippen LogP contribution in [0, 0.1) is 0 Å². The van der Waals surface area contributed by atoms with Gasteiger partial charge < -0.3 is 16.2 Å². The molecule has 0 atom stereocenters. The van der Waals surface area contributed by atoms with Gasteiger partial charge in [0.05, 0.1) is 5.69 Å². The summed E-state index contributed by atoms with van der Waals surface area (Å²) in [4.78, 5) is 10.9. The van der Waals surface area contributed by atoms with Crippen molar-refractivity contribution in [2.24, 2.45) is 0 Å². The van der Waals surface area contributed by atoms with E-state index in [-0.39, 0.29) is 5.97 Å². The van der Waals surface area contributed by atoms with Gasteiger partial charge in [-0.2, -0.15) is 0 Å². The number of carbonyl (C=O) groups is 1. The first-order valence-electron chi connectivity index (χ1n) is 5.50. The van der Waals surface area contributed by atoms with E-state index in [2.05, 4.69) is 0 Å². The maximum Gasteiger partial charge on any atom is 0.308 e. The van der Waals surface area contributed by atoms with E-state index in [1.807, 2.05) is 30.3 Å². The van der Waals surface area contributed by atoms with E-state index in [4.69, 9.17) is 16.2 Å². The Hall–Kier alpha value is -2.49. The summed E-state index contributed by atoms with van der Waals surface area (Å²) in [6, 6.07) is 12.8. The molecule has 4 heteroatoms. The molecule has 0 bridgehead atoms. The van der Waals surface area contributed by atoms with Crippen LogP contribution in [0.15, 0.2) is 42.5 Å². The van der Waals surface area contributed by atoms with Crippen molar-refractivity contribution < 1.29 is 9.53 Å². The maximum atomic E-state index is 10.9. The van der Waals surface area contributed by atoms with Crippen LogP contribution in [0.5, 0.6) is 5.75 Å². The van der Waals surface area contributed by atoms with E-state index in [9.17, 15) is 4.79 Å². The lowest BCUT2D eigenvalue weighted by molar-refractivity contribution is -0.131. The first kappa shape index (κ1) is 12.0. The molecular weight excluding hydrogens is 228 g/mol. The van der Waals surface area contributed by atoms with E-state index in [1.54, 1.807) is 12.1 Å². The molecule has 0 saturated heterocycles. The zero-order chi connectivity index (χ0) is 13.1. The van der Waals surface area contributed by atoms with E-state index < -0.39 is 0 Å². The Labute approximate surface area is 105 Å². The number of rotatable bonds is 2. The standard InChI is InChI=1S/C14H14N2O2/c1-9(17)18-14-7-4-11(8-13(14)16)10-2-5-12(15)6-3-10/h2-8H,15-16H2,1H3. The molecule has 2 aromatic carbocycles. The largest absolute Gasteiger partial charge is 0.425 e. The third-order valence-corrected chi connectivity index (χ3v) is 2.51. The zero-order valence-corrected chi connectivity index (χ0v) is 10.0. The summed E-state index contributed by atoms with van der Waals surface area (Å²) >= 11 is 0. The summed E-state index contributed by atoms with van der Waals surface area (Å²) in [5.74, 6) is -0.0105. The predicted molar refractivity (Wildman–Crippen MR) is 72.0 cm³/mol. The molecule has 0 aliphatic heterocycles. The van der Waals surface area contributed by atoms with Crippen LogP contribution in [-0.4, -0.2) is 5.97 Å². The highest BCUT2D eigenvalue weighted by molar-refractivity contribution is 5.76. The Morgan fingerprint density at radius 2 is 1.61 bits per heavy atom. The smallest absolute Gasteiger partial charge is 0.308 e. The lowest BCUT2D eigenvalue weighted by Crippen LogP contribution is -2.03. The number of carbonyl (C=O) groups excluding carboxylic acids is 1. The molecule has 0 spiro atoms. The van der Waals surface area contributed by atoms with Crippen molar-refractivity contribution in [3.63, 3.8) is 0 Å². The number of anilines is 2. The fraction of sp³-hybridized carbons (Fsp3) is 0.0714. The first-order valence-corrected chi connectivity index (χ1v) is 5.50. The van der Waals surface area contributed by atoms with Crippen LogP contribution in [0.2, 0.25) is 0 Å². The molecule has 0 unspecified atom stereocenters. The monoisotopic (exact) mass is 242 g/mol. The van der Waals surface area contributed by atoms with E-state index in [0.717, 1.165) is 11.1 Å². The second-order valence-electron chi connectivity index (χ2n) is 3.97. The van der Waals surface area contributed by atoms with E-state index in [1.165, 1.54) is 6.92 Å². The third kappa shape index (κ3) is 2.60. The summed E-state index contributed by atoms with van der Waals surface area (Å²) in [6.07, 6.45) is 0. The first-order chi connectivity index (χ1) is 8.56. The minimum Gasteiger partial charge on any atom is -0.425 e. The lowest BCUT2D eigenvalue weighted by Gasteiger charge is -2.08. The quantitative estimate of drug-likeness (QED) is 0.481. The van der Waals surface area contributed by atoms with E-state index >= 15 is 0 Å². The summed E-state index contributed by atoms with van der Waals surface area (Å²) in [6.45, 7) is 1.34. The average molecular weight is 242 g/mol. The summed E-state index contributed by atoms with van der Waals surface area (Å²) in [7, 11) is 0. The molecule has 4 N–H and O–H groups in total. The molecule has 0 aliphatic carbocycles. The van der Waals surface area contributed by atoms with Gasteiger partial charge in [0, 0.05) is 12.6 Å². The Kier molecular flexibility index (Phi) is 3.19. The number of esters is 1. The molecule has 4 nitrogen and oxygen atoms in total. The highest BCUT2D eigenvalue weighted by Gasteiger charge is 2.05. The minimum absolute atomic E-state index is 0.377. The highest BCUT2D eigenvalue weighted by atomic mass is 16.5. The normalized spacial score (nSPS) is 10.1. The molecule has 0 aliphatic rings. The third-order valence-electron chi connectivity index (χ3n) is 2.51. The molecule has 0 aromatic heterocycles. The second kappa shape index (κ2) is 4.79. The SMILES string of the molecule is CC(=O)Oc1ccc(-c2ccc(N)cc2)cc1N. The van der Waals surface area contributed by atoms with Gasteiger partial charge in [-0.3, -0.25) is 4.79 Å². The zero-order valence-electron chi connectivity index (χ0n) is 10.0. The number of hydrogen-bond acceptors (Lipinski definition) is 4. The summed E-state index contributed by atoms with van der Waals surface area (Å²) in [5, 5.41) is 0.